The first-order valence-corrected chi connectivity index (χ1v) is 14.7. The topological polar surface area (TPSA) is 65.5 Å². The lowest BCUT2D eigenvalue weighted by molar-refractivity contribution is 0.0515. The number of piperidine rings is 1. The molecule has 0 aliphatic carbocycles. The SMILES string of the molecule is C[C@H]1CCCCN1c1cc(N2CCCCCC2)nc(NC(=S)NCC2(c3ccc(F)cc3)CCOCC2)n1. The van der Waals surface area contributed by atoms with Crippen molar-refractivity contribution in [2.75, 3.05) is 54.5 Å². The summed E-state index contributed by atoms with van der Waals surface area (Å²) >= 11 is 5.75. The number of aromatic nitrogens is 2. The Morgan fingerprint density at radius 2 is 1.68 bits per heavy atom. The first kappa shape index (κ1) is 27.1. The van der Waals surface area contributed by atoms with Crippen LogP contribution < -0.4 is 20.4 Å². The van der Waals surface area contributed by atoms with Crippen LogP contribution in [0.2, 0.25) is 0 Å². The summed E-state index contributed by atoms with van der Waals surface area (Å²) < 4.78 is 19.3. The summed E-state index contributed by atoms with van der Waals surface area (Å²) in [6.07, 6.45) is 10.3. The molecule has 2 aromatic rings. The van der Waals surface area contributed by atoms with Gasteiger partial charge in [0.2, 0.25) is 5.95 Å². The Hall–Kier alpha value is -2.52. The van der Waals surface area contributed by atoms with E-state index < -0.39 is 0 Å². The first-order valence-electron chi connectivity index (χ1n) is 14.3. The number of ether oxygens (including phenoxy) is 1. The third-order valence-corrected chi connectivity index (χ3v) is 8.69. The van der Waals surface area contributed by atoms with Crippen LogP contribution >= 0.6 is 12.2 Å². The summed E-state index contributed by atoms with van der Waals surface area (Å²) in [7, 11) is 0. The number of anilines is 3. The van der Waals surface area contributed by atoms with Crippen LogP contribution in [0, 0.1) is 5.82 Å². The van der Waals surface area contributed by atoms with E-state index >= 15 is 0 Å². The monoisotopic (exact) mass is 540 g/mol. The highest BCUT2D eigenvalue weighted by Gasteiger charge is 2.34. The van der Waals surface area contributed by atoms with Crippen molar-refractivity contribution in [1.82, 2.24) is 15.3 Å². The molecule has 2 N–H and O–H groups in total. The predicted octanol–water partition coefficient (Wildman–Crippen LogP) is 5.41. The molecule has 3 saturated heterocycles. The van der Waals surface area contributed by atoms with Gasteiger partial charge >= 0.3 is 0 Å². The minimum atomic E-state index is -0.221. The second-order valence-corrected chi connectivity index (χ2v) is 11.5. The summed E-state index contributed by atoms with van der Waals surface area (Å²) in [5.74, 6) is 2.28. The van der Waals surface area contributed by atoms with E-state index in [0.29, 0.717) is 36.9 Å². The molecule has 1 aromatic heterocycles. The van der Waals surface area contributed by atoms with Crippen molar-refractivity contribution in [3.63, 3.8) is 0 Å². The lowest BCUT2D eigenvalue weighted by atomic mass is 9.74. The highest BCUT2D eigenvalue weighted by Crippen LogP contribution is 2.34. The normalized spacial score (nSPS) is 22.0. The standard InChI is InChI=1S/C29H41FN6OS/c1-22-8-4-7-17-36(22)26-20-25(35-15-5-2-3-6-16-35)32-27(33-26)34-28(38)31-21-29(13-18-37-19-14-29)23-9-11-24(30)12-10-23/h9-12,20,22H,2-8,13-19,21H2,1H3,(H2,31,32,33,34,38)/t22-/m0/s1. The van der Waals surface area contributed by atoms with E-state index in [-0.39, 0.29) is 11.2 Å². The second-order valence-electron chi connectivity index (χ2n) is 11.1. The van der Waals surface area contributed by atoms with Crippen LogP contribution in [0.5, 0.6) is 0 Å². The molecule has 3 aliphatic rings. The van der Waals surface area contributed by atoms with Gasteiger partial charge in [-0.3, -0.25) is 0 Å². The van der Waals surface area contributed by atoms with Gasteiger partial charge in [-0.05, 0) is 81.8 Å². The fraction of sp³-hybridized carbons (Fsp3) is 0.621. The smallest absolute Gasteiger partial charge is 0.232 e. The molecule has 0 unspecified atom stereocenters. The van der Waals surface area contributed by atoms with Crippen molar-refractivity contribution in [3.8, 4) is 0 Å². The molecule has 0 radical (unpaired) electrons. The molecule has 206 valence electrons. The third kappa shape index (κ3) is 6.54. The zero-order chi connectivity index (χ0) is 26.4. The molecule has 1 aromatic carbocycles. The lowest BCUT2D eigenvalue weighted by Crippen LogP contribution is -2.45. The number of hydrogen-bond acceptors (Lipinski definition) is 6. The fourth-order valence-electron chi connectivity index (χ4n) is 6.05. The zero-order valence-electron chi connectivity index (χ0n) is 22.6. The molecule has 38 heavy (non-hydrogen) atoms. The Balaban J connectivity index is 1.33. The van der Waals surface area contributed by atoms with Gasteiger partial charge in [0, 0.05) is 56.9 Å². The second kappa shape index (κ2) is 12.6. The Morgan fingerprint density at radius 1 is 1.00 bits per heavy atom. The van der Waals surface area contributed by atoms with Crippen molar-refractivity contribution < 1.29 is 9.13 Å². The van der Waals surface area contributed by atoms with Crippen molar-refractivity contribution in [2.24, 2.45) is 0 Å². The molecule has 4 heterocycles. The summed E-state index contributed by atoms with van der Waals surface area (Å²) in [6.45, 7) is 7.34. The van der Waals surface area contributed by atoms with E-state index in [1.165, 1.54) is 57.1 Å². The van der Waals surface area contributed by atoms with Gasteiger partial charge in [-0.15, -0.1) is 0 Å². The molecule has 5 rings (SSSR count). The number of thiocarbonyl (C=S) groups is 1. The third-order valence-electron chi connectivity index (χ3n) is 8.45. The number of nitrogens with zero attached hydrogens (tertiary/aromatic N) is 4. The van der Waals surface area contributed by atoms with Gasteiger partial charge < -0.3 is 25.2 Å². The zero-order valence-corrected chi connectivity index (χ0v) is 23.4. The van der Waals surface area contributed by atoms with Gasteiger partial charge in [-0.1, -0.05) is 25.0 Å². The van der Waals surface area contributed by atoms with E-state index in [1.54, 1.807) is 0 Å². The van der Waals surface area contributed by atoms with E-state index in [9.17, 15) is 4.39 Å². The van der Waals surface area contributed by atoms with Crippen LogP contribution in [-0.4, -0.2) is 60.5 Å². The highest BCUT2D eigenvalue weighted by atomic mass is 32.1. The van der Waals surface area contributed by atoms with E-state index in [1.807, 2.05) is 12.1 Å². The number of nitrogens with one attached hydrogen (secondary N) is 2. The molecular formula is C29H41FN6OS. The van der Waals surface area contributed by atoms with Crippen molar-refractivity contribution in [1.29, 1.82) is 0 Å². The Kier molecular flexibility index (Phi) is 8.94. The number of benzene rings is 1. The maximum absolute atomic E-state index is 13.6. The van der Waals surface area contributed by atoms with Gasteiger partial charge in [0.1, 0.15) is 17.5 Å². The molecule has 0 amide bonds. The Labute approximate surface area is 231 Å². The van der Waals surface area contributed by atoms with Crippen LogP contribution in [0.4, 0.5) is 22.0 Å². The quantitative estimate of drug-likeness (QED) is 0.472. The lowest BCUT2D eigenvalue weighted by Gasteiger charge is -2.38. The van der Waals surface area contributed by atoms with Crippen LogP contribution in [0.3, 0.4) is 0 Å². The van der Waals surface area contributed by atoms with Gasteiger partial charge in [0.05, 0.1) is 0 Å². The van der Waals surface area contributed by atoms with E-state index in [0.717, 1.165) is 49.7 Å². The highest BCUT2D eigenvalue weighted by molar-refractivity contribution is 7.80. The molecule has 3 aliphatic heterocycles. The summed E-state index contributed by atoms with van der Waals surface area (Å²) in [5, 5.41) is 7.24. The average Bonchev–Trinajstić information content (AvgIpc) is 3.23. The van der Waals surface area contributed by atoms with Gasteiger partial charge in [-0.25, -0.2) is 4.39 Å². The Bertz CT molecular complexity index is 1070. The van der Waals surface area contributed by atoms with Crippen molar-refractivity contribution in [3.05, 3.63) is 41.7 Å². The van der Waals surface area contributed by atoms with Gasteiger partial charge in [0.25, 0.3) is 0 Å². The van der Waals surface area contributed by atoms with Gasteiger partial charge in [-0.2, -0.15) is 9.97 Å². The van der Waals surface area contributed by atoms with Crippen molar-refractivity contribution >= 4 is 34.9 Å². The maximum atomic E-state index is 13.6. The molecule has 0 spiro atoms. The van der Waals surface area contributed by atoms with Crippen LogP contribution in [-0.2, 0) is 10.2 Å². The summed E-state index contributed by atoms with van der Waals surface area (Å²) in [4.78, 5) is 14.7. The molecular weight excluding hydrogens is 499 g/mol. The maximum Gasteiger partial charge on any atom is 0.232 e. The summed E-state index contributed by atoms with van der Waals surface area (Å²) in [6, 6.07) is 9.47. The fourth-order valence-corrected chi connectivity index (χ4v) is 6.22. The average molecular weight is 541 g/mol. The molecule has 0 bridgehead atoms. The van der Waals surface area contributed by atoms with Gasteiger partial charge in [0.15, 0.2) is 5.11 Å². The first-order chi connectivity index (χ1) is 18.5. The van der Waals surface area contributed by atoms with Crippen LogP contribution in [0.15, 0.2) is 30.3 Å². The number of rotatable bonds is 6. The van der Waals surface area contributed by atoms with E-state index in [2.05, 4.69) is 33.4 Å². The molecule has 3 fully saturated rings. The van der Waals surface area contributed by atoms with Crippen LogP contribution in [0.25, 0.3) is 0 Å². The number of halogens is 1. The Morgan fingerprint density at radius 3 is 2.39 bits per heavy atom. The molecule has 7 nitrogen and oxygen atoms in total. The predicted molar refractivity (Wildman–Crippen MR) is 156 cm³/mol. The van der Waals surface area contributed by atoms with E-state index in [4.69, 9.17) is 26.9 Å². The number of hydrogen-bond donors (Lipinski definition) is 2. The summed E-state index contributed by atoms with van der Waals surface area (Å²) in [5.41, 5.74) is 0.944. The molecule has 0 saturated carbocycles. The largest absolute Gasteiger partial charge is 0.381 e. The van der Waals surface area contributed by atoms with Crippen LogP contribution in [0.1, 0.15) is 70.3 Å². The minimum Gasteiger partial charge on any atom is -0.381 e. The minimum absolute atomic E-state index is 0.166. The molecule has 1 atom stereocenters. The van der Waals surface area contributed by atoms with Crippen molar-refractivity contribution in [2.45, 2.75) is 76.2 Å². The molecule has 9 heteroatoms.